The van der Waals surface area contributed by atoms with Gasteiger partial charge in [0.15, 0.2) is 0 Å². The molecule has 7 heteroatoms. The van der Waals surface area contributed by atoms with Crippen LogP contribution < -0.4 is 10.6 Å². The summed E-state index contributed by atoms with van der Waals surface area (Å²) in [5.74, 6) is 0.115. The molecule has 2 heterocycles. The Balaban J connectivity index is 1.66. The number of piperidine rings is 1. The van der Waals surface area contributed by atoms with E-state index in [2.05, 4.69) is 10.6 Å². The first-order valence-electron chi connectivity index (χ1n) is 7.24. The molecule has 0 aromatic carbocycles. The Hall–Kier alpha value is -0.820. The third-order valence-corrected chi connectivity index (χ3v) is 3.96. The minimum Gasteiger partial charge on any atom is -0.354 e. The molecule has 0 spiro atoms. The maximum absolute atomic E-state index is 12.3. The zero-order valence-corrected chi connectivity index (χ0v) is 11.5. The molecule has 0 radical (unpaired) electrons. The molecule has 2 fully saturated rings. The van der Waals surface area contributed by atoms with Gasteiger partial charge in [-0.25, -0.2) is 0 Å². The number of alkyl halides is 3. The Bertz CT molecular complexity index is 329. The number of hydrogen-bond acceptors (Lipinski definition) is 3. The molecule has 0 saturated carbocycles. The van der Waals surface area contributed by atoms with Gasteiger partial charge in [-0.2, -0.15) is 13.2 Å². The second-order valence-electron chi connectivity index (χ2n) is 5.75. The highest BCUT2D eigenvalue weighted by Gasteiger charge is 2.34. The molecule has 2 atom stereocenters. The quantitative estimate of drug-likeness (QED) is 0.817. The normalized spacial score (nSPS) is 28.6. The first-order chi connectivity index (χ1) is 9.44. The van der Waals surface area contributed by atoms with Gasteiger partial charge in [-0.1, -0.05) is 6.42 Å². The van der Waals surface area contributed by atoms with Crippen LogP contribution in [0.5, 0.6) is 0 Å². The second-order valence-corrected chi connectivity index (χ2v) is 5.75. The molecule has 20 heavy (non-hydrogen) atoms. The molecule has 2 rings (SSSR count). The van der Waals surface area contributed by atoms with Gasteiger partial charge in [0.05, 0.1) is 12.6 Å². The zero-order valence-electron chi connectivity index (χ0n) is 11.5. The van der Waals surface area contributed by atoms with Crippen molar-refractivity contribution >= 4 is 5.91 Å². The second kappa shape index (κ2) is 6.76. The Morgan fingerprint density at radius 2 is 2.10 bits per heavy atom. The van der Waals surface area contributed by atoms with Gasteiger partial charge in [0.25, 0.3) is 0 Å². The molecule has 2 N–H and O–H groups in total. The van der Waals surface area contributed by atoms with Crippen molar-refractivity contribution in [2.45, 2.75) is 37.9 Å². The van der Waals surface area contributed by atoms with Crippen molar-refractivity contribution in [2.75, 3.05) is 32.7 Å². The Morgan fingerprint density at radius 3 is 2.75 bits per heavy atom. The summed E-state index contributed by atoms with van der Waals surface area (Å²) in [6.07, 6.45) is -0.429. The van der Waals surface area contributed by atoms with Crippen LogP contribution in [0.1, 0.15) is 25.7 Å². The van der Waals surface area contributed by atoms with Gasteiger partial charge >= 0.3 is 6.18 Å². The SMILES string of the molecule is O=C(NCC1CCN(CC(F)(F)F)C1)[C@@H]1CCCCN1. The fraction of sp³-hybridized carbons (Fsp3) is 0.923. The van der Waals surface area contributed by atoms with Gasteiger partial charge in [0, 0.05) is 13.1 Å². The van der Waals surface area contributed by atoms with E-state index in [9.17, 15) is 18.0 Å². The fourth-order valence-electron chi connectivity index (χ4n) is 2.92. The number of carbonyl (C=O) groups excluding carboxylic acids is 1. The van der Waals surface area contributed by atoms with Crippen LogP contribution in [0.3, 0.4) is 0 Å². The molecular weight excluding hydrogens is 271 g/mol. The Morgan fingerprint density at radius 1 is 1.30 bits per heavy atom. The standard InChI is InChI=1S/C13H22F3N3O/c14-13(15,16)9-19-6-4-10(8-19)7-18-12(20)11-3-1-2-5-17-11/h10-11,17H,1-9H2,(H,18,20)/t10?,11-/m0/s1. The Labute approximate surface area is 117 Å². The van der Waals surface area contributed by atoms with E-state index in [4.69, 9.17) is 0 Å². The monoisotopic (exact) mass is 293 g/mol. The zero-order chi connectivity index (χ0) is 14.6. The van der Waals surface area contributed by atoms with Crippen LogP contribution in [0.25, 0.3) is 0 Å². The summed E-state index contributed by atoms with van der Waals surface area (Å²) in [6.45, 7) is 1.37. The average Bonchev–Trinajstić information content (AvgIpc) is 2.82. The highest BCUT2D eigenvalue weighted by Crippen LogP contribution is 2.22. The summed E-state index contributed by atoms with van der Waals surface area (Å²) in [4.78, 5) is 13.3. The summed E-state index contributed by atoms with van der Waals surface area (Å²) in [7, 11) is 0. The van der Waals surface area contributed by atoms with Crippen molar-refractivity contribution in [2.24, 2.45) is 5.92 Å². The molecule has 116 valence electrons. The predicted molar refractivity (Wildman–Crippen MR) is 69.3 cm³/mol. The van der Waals surface area contributed by atoms with Crippen LogP contribution in [0, 0.1) is 5.92 Å². The number of hydrogen-bond donors (Lipinski definition) is 2. The highest BCUT2D eigenvalue weighted by molar-refractivity contribution is 5.81. The van der Waals surface area contributed by atoms with Crippen molar-refractivity contribution in [3.63, 3.8) is 0 Å². The van der Waals surface area contributed by atoms with Gasteiger partial charge in [0.2, 0.25) is 5.91 Å². The smallest absolute Gasteiger partial charge is 0.354 e. The lowest BCUT2D eigenvalue weighted by Gasteiger charge is -2.23. The van der Waals surface area contributed by atoms with Gasteiger partial charge in [0.1, 0.15) is 0 Å². The maximum atomic E-state index is 12.3. The van der Waals surface area contributed by atoms with Crippen LogP contribution in [0.4, 0.5) is 13.2 Å². The van der Waals surface area contributed by atoms with Crippen LogP contribution in [-0.4, -0.2) is 55.7 Å². The molecule has 2 saturated heterocycles. The third kappa shape index (κ3) is 4.94. The molecule has 2 aliphatic heterocycles. The number of halogens is 3. The molecule has 1 unspecified atom stereocenters. The van der Waals surface area contributed by atoms with E-state index in [0.717, 1.165) is 25.8 Å². The number of nitrogens with zero attached hydrogens (tertiary/aromatic N) is 1. The largest absolute Gasteiger partial charge is 0.401 e. The topological polar surface area (TPSA) is 44.4 Å². The highest BCUT2D eigenvalue weighted by atomic mass is 19.4. The number of likely N-dealkylation sites (tertiary alicyclic amines) is 1. The molecule has 0 aromatic rings. The molecule has 1 amide bonds. The van der Waals surface area contributed by atoms with Gasteiger partial charge in [-0.3, -0.25) is 9.69 Å². The number of carbonyl (C=O) groups is 1. The van der Waals surface area contributed by atoms with E-state index in [1.807, 2.05) is 0 Å². The number of amides is 1. The van der Waals surface area contributed by atoms with Crippen LogP contribution in [-0.2, 0) is 4.79 Å². The van der Waals surface area contributed by atoms with E-state index in [0.29, 0.717) is 26.1 Å². The van der Waals surface area contributed by atoms with Crippen LogP contribution >= 0.6 is 0 Å². The number of rotatable bonds is 4. The molecule has 0 aromatic heterocycles. The fourth-order valence-corrected chi connectivity index (χ4v) is 2.92. The lowest BCUT2D eigenvalue weighted by atomic mass is 10.0. The van der Waals surface area contributed by atoms with Crippen LogP contribution in [0.2, 0.25) is 0 Å². The summed E-state index contributed by atoms with van der Waals surface area (Å²) in [5.41, 5.74) is 0. The third-order valence-electron chi connectivity index (χ3n) is 3.96. The van der Waals surface area contributed by atoms with Crippen molar-refractivity contribution in [1.82, 2.24) is 15.5 Å². The minimum atomic E-state index is -4.13. The summed E-state index contributed by atoms with van der Waals surface area (Å²) in [6, 6.07) is -0.128. The summed E-state index contributed by atoms with van der Waals surface area (Å²) >= 11 is 0. The molecule has 0 bridgehead atoms. The first kappa shape index (κ1) is 15.6. The summed E-state index contributed by atoms with van der Waals surface area (Å²) < 4.78 is 36.8. The van der Waals surface area contributed by atoms with E-state index < -0.39 is 12.7 Å². The van der Waals surface area contributed by atoms with Gasteiger partial charge < -0.3 is 10.6 Å². The van der Waals surface area contributed by atoms with Gasteiger partial charge in [-0.15, -0.1) is 0 Å². The van der Waals surface area contributed by atoms with Crippen molar-refractivity contribution < 1.29 is 18.0 Å². The first-order valence-corrected chi connectivity index (χ1v) is 7.24. The van der Waals surface area contributed by atoms with Crippen molar-refractivity contribution in [3.8, 4) is 0 Å². The van der Waals surface area contributed by atoms with E-state index >= 15 is 0 Å². The Kier molecular flexibility index (Phi) is 5.26. The maximum Gasteiger partial charge on any atom is 0.401 e. The molecule has 2 aliphatic rings. The lowest BCUT2D eigenvalue weighted by Crippen LogP contribution is -2.47. The minimum absolute atomic E-state index is 0.0148. The van der Waals surface area contributed by atoms with E-state index in [1.165, 1.54) is 4.90 Å². The molecule has 4 nitrogen and oxygen atoms in total. The van der Waals surface area contributed by atoms with Crippen molar-refractivity contribution in [3.05, 3.63) is 0 Å². The van der Waals surface area contributed by atoms with E-state index in [1.54, 1.807) is 0 Å². The van der Waals surface area contributed by atoms with Crippen LogP contribution in [0.15, 0.2) is 0 Å². The van der Waals surface area contributed by atoms with Crippen molar-refractivity contribution in [1.29, 1.82) is 0 Å². The predicted octanol–water partition coefficient (Wildman–Crippen LogP) is 1.13. The summed E-state index contributed by atoms with van der Waals surface area (Å²) in [5, 5.41) is 6.03. The average molecular weight is 293 g/mol. The van der Waals surface area contributed by atoms with Gasteiger partial charge in [-0.05, 0) is 38.3 Å². The lowest BCUT2D eigenvalue weighted by molar-refractivity contribution is -0.143. The number of nitrogens with one attached hydrogen (secondary N) is 2. The molecular formula is C13H22F3N3O. The molecule has 0 aliphatic carbocycles. The van der Waals surface area contributed by atoms with E-state index in [-0.39, 0.29) is 17.9 Å².